The van der Waals surface area contributed by atoms with Gasteiger partial charge in [0.05, 0.1) is 0 Å². The molecule has 3 nitrogen and oxygen atoms in total. The maximum atomic E-state index is 13.9. The summed E-state index contributed by atoms with van der Waals surface area (Å²) in [5, 5.41) is 0. The zero-order valence-electron chi connectivity index (χ0n) is 10.4. The van der Waals surface area contributed by atoms with E-state index in [0.29, 0.717) is 17.9 Å². The van der Waals surface area contributed by atoms with Crippen molar-refractivity contribution in [3.05, 3.63) is 53.1 Å². The lowest BCUT2D eigenvalue weighted by atomic mass is 10.2. The van der Waals surface area contributed by atoms with Gasteiger partial charge in [-0.15, -0.1) is 0 Å². The van der Waals surface area contributed by atoms with Crippen LogP contribution < -0.4 is 10.5 Å². The van der Waals surface area contributed by atoms with Crippen LogP contribution in [-0.2, 0) is 6.54 Å². The van der Waals surface area contributed by atoms with Crippen molar-refractivity contribution < 1.29 is 9.13 Å². The highest BCUT2D eigenvalue weighted by Gasteiger charge is 2.10. The third-order valence-corrected chi connectivity index (χ3v) is 2.68. The van der Waals surface area contributed by atoms with Gasteiger partial charge in [0.2, 0.25) is 0 Å². The summed E-state index contributed by atoms with van der Waals surface area (Å²) in [6.07, 6.45) is 1.65. The Morgan fingerprint density at radius 3 is 2.78 bits per heavy atom. The molecule has 0 aliphatic heterocycles. The molecule has 1 aromatic carbocycles. The summed E-state index contributed by atoms with van der Waals surface area (Å²) in [5.41, 5.74) is 7.71. The van der Waals surface area contributed by atoms with E-state index in [1.165, 1.54) is 0 Å². The van der Waals surface area contributed by atoms with Crippen LogP contribution in [0, 0.1) is 19.7 Å². The normalized spacial score (nSPS) is 10.4. The molecule has 1 aromatic heterocycles. The van der Waals surface area contributed by atoms with Crippen LogP contribution in [0.25, 0.3) is 0 Å². The number of rotatable bonds is 3. The predicted octanol–water partition coefficient (Wildman–Crippen LogP) is 3.09. The second-order valence-electron chi connectivity index (χ2n) is 4.13. The van der Waals surface area contributed by atoms with E-state index < -0.39 is 0 Å². The lowest BCUT2D eigenvalue weighted by Crippen LogP contribution is -2.02. The lowest BCUT2D eigenvalue weighted by molar-refractivity contribution is 0.434. The van der Waals surface area contributed by atoms with Crippen LogP contribution >= 0.6 is 0 Å². The van der Waals surface area contributed by atoms with Crippen molar-refractivity contribution >= 4 is 0 Å². The van der Waals surface area contributed by atoms with Crippen molar-refractivity contribution in [3.8, 4) is 11.5 Å². The largest absolute Gasteiger partial charge is 0.454 e. The molecule has 0 bridgehead atoms. The highest BCUT2D eigenvalue weighted by atomic mass is 19.1. The molecule has 0 unspecified atom stereocenters. The highest BCUT2D eigenvalue weighted by molar-refractivity contribution is 5.39. The molecule has 0 fully saturated rings. The first-order valence-corrected chi connectivity index (χ1v) is 5.70. The first-order valence-electron chi connectivity index (χ1n) is 5.70. The van der Waals surface area contributed by atoms with Gasteiger partial charge in [-0.2, -0.15) is 0 Å². The molecule has 0 saturated heterocycles. The molecule has 2 rings (SSSR count). The topological polar surface area (TPSA) is 48.1 Å². The maximum Gasteiger partial charge on any atom is 0.168 e. The monoisotopic (exact) mass is 246 g/mol. The van der Waals surface area contributed by atoms with Crippen molar-refractivity contribution in [1.82, 2.24) is 4.98 Å². The molecule has 2 N–H and O–H groups in total. The Labute approximate surface area is 105 Å². The molecule has 4 heteroatoms. The van der Waals surface area contributed by atoms with E-state index in [4.69, 9.17) is 10.5 Å². The molecule has 0 aliphatic rings. The zero-order valence-corrected chi connectivity index (χ0v) is 10.4. The Morgan fingerprint density at radius 1 is 1.28 bits per heavy atom. The van der Waals surface area contributed by atoms with Gasteiger partial charge >= 0.3 is 0 Å². The maximum absolute atomic E-state index is 13.9. The van der Waals surface area contributed by atoms with Crippen molar-refractivity contribution in [3.63, 3.8) is 0 Å². The minimum Gasteiger partial charge on any atom is -0.454 e. The van der Waals surface area contributed by atoms with E-state index >= 15 is 0 Å². The lowest BCUT2D eigenvalue weighted by Gasteiger charge is -2.11. The summed E-state index contributed by atoms with van der Waals surface area (Å²) in [7, 11) is 0. The number of nitrogens with two attached hydrogens (primary N) is 1. The summed E-state index contributed by atoms with van der Waals surface area (Å²) in [5.74, 6) is 0.403. The second-order valence-corrected chi connectivity index (χ2v) is 4.13. The molecular formula is C14H15FN2O. The van der Waals surface area contributed by atoms with E-state index in [1.807, 2.05) is 6.92 Å². The average Bonchev–Trinajstić information content (AvgIpc) is 2.35. The molecular weight excluding hydrogens is 231 g/mol. The molecule has 94 valence electrons. The molecule has 1 heterocycles. The third-order valence-electron chi connectivity index (χ3n) is 2.68. The Kier molecular flexibility index (Phi) is 3.58. The summed E-state index contributed by atoms with van der Waals surface area (Å²) >= 11 is 0. The highest BCUT2D eigenvalue weighted by Crippen LogP contribution is 2.28. The summed E-state index contributed by atoms with van der Waals surface area (Å²) in [6, 6.07) is 6.80. The fraction of sp³-hybridized carbons (Fsp3) is 0.214. The minimum atomic E-state index is -0.352. The number of halogens is 1. The van der Waals surface area contributed by atoms with E-state index in [9.17, 15) is 4.39 Å². The number of benzene rings is 1. The quantitative estimate of drug-likeness (QED) is 0.905. The van der Waals surface area contributed by atoms with Gasteiger partial charge in [-0.05, 0) is 25.5 Å². The van der Waals surface area contributed by atoms with Crippen molar-refractivity contribution in [1.29, 1.82) is 0 Å². The summed E-state index contributed by atoms with van der Waals surface area (Å²) in [4.78, 5) is 4.14. The molecule has 0 radical (unpaired) electrons. The van der Waals surface area contributed by atoms with Gasteiger partial charge in [0.1, 0.15) is 5.75 Å². The van der Waals surface area contributed by atoms with Crippen LogP contribution in [0.1, 0.15) is 16.8 Å². The standard InChI is InChI=1S/C14H15FN2O/c1-9-4-3-5-12(14(9)15)18-13-6-10(2)17-8-11(13)7-16/h3-6,8H,7,16H2,1-2H3. The third kappa shape index (κ3) is 2.49. The van der Waals surface area contributed by atoms with Crippen LogP contribution in [0.3, 0.4) is 0 Å². The van der Waals surface area contributed by atoms with Gasteiger partial charge in [0.25, 0.3) is 0 Å². The molecule has 0 aliphatic carbocycles. The van der Waals surface area contributed by atoms with Crippen molar-refractivity contribution in [2.45, 2.75) is 20.4 Å². The van der Waals surface area contributed by atoms with Gasteiger partial charge in [-0.3, -0.25) is 4.98 Å². The number of hydrogen-bond acceptors (Lipinski definition) is 3. The Morgan fingerprint density at radius 2 is 2.06 bits per heavy atom. The van der Waals surface area contributed by atoms with Gasteiger partial charge in [-0.25, -0.2) is 4.39 Å². The smallest absolute Gasteiger partial charge is 0.168 e. The minimum absolute atomic E-state index is 0.204. The fourth-order valence-electron chi connectivity index (χ4n) is 1.63. The van der Waals surface area contributed by atoms with Crippen molar-refractivity contribution in [2.75, 3.05) is 0 Å². The van der Waals surface area contributed by atoms with Gasteiger partial charge in [-0.1, -0.05) is 12.1 Å². The van der Waals surface area contributed by atoms with Gasteiger partial charge in [0, 0.05) is 30.1 Å². The first kappa shape index (κ1) is 12.5. The predicted molar refractivity (Wildman–Crippen MR) is 68.1 cm³/mol. The molecule has 0 saturated carbocycles. The van der Waals surface area contributed by atoms with Crippen molar-refractivity contribution in [2.24, 2.45) is 5.73 Å². The number of nitrogens with zero attached hydrogens (tertiary/aromatic N) is 1. The van der Waals surface area contributed by atoms with Crippen LogP contribution in [0.4, 0.5) is 4.39 Å². The van der Waals surface area contributed by atoms with E-state index in [1.54, 1.807) is 37.4 Å². The van der Waals surface area contributed by atoms with Gasteiger partial charge < -0.3 is 10.5 Å². The number of pyridine rings is 1. The Hall–Kier alpha value is -1.94. The summed E-state index contributed by atoms with van der Waals surface area (Å²) in [6.45, 7) is 3.85. The molecule has 0 amide bonds. The zero-order chi connectivity index (χ0) is 13.1. The molecule has 0 spiro atoms. The van der Waals surface area contributed by atoms with Crippen LogP contribution in [0.2, 0.25) is 0 Å². The van der Waals surface area contributed by atoms with E-state index in [-0.39, 0.29) is 11.6 Å². The number of hydrogen-bond donors (Lipinski definition) is 1. The Balaban J connectivity index is 2.39. The molecule has 2 aromatic rings. The summed E-state index contributed by atoms with van der Waals surface area (Å²) < 4.78 is 19.4. The van der Waals surface area contributed by atoms with E-state index in [0.717, 1.165) is 11.3 Å². The van der Waals surface area contributed by atoms with Crippen LogP contribution in [0.15, 0.2) is 30.5 Å². The SMILES string of the molecule is Cc1cc(Oc2cccc(C)c2F)c(CN)cn1. The number of aryl methyl sites for hydroxylation is 2. The van der Waals surface area contributed by atoms with Crippen LogP contribution in [0.5, 0.6) is 11.5 Å². The first-order chi connectivity index (χ1) is 8.61. The number of ether oxygens (including phenoxy) is 1. The fourth-order valence-corrected chi connectivity index (χ4v) is 1.63. The van der Waals surface area contributed by atoms with Crippen LogP contribution in [-0.4, -0.2) is 4.98 Å². The molecule has 18 heavy (non-hydrogen) atoms. The van der Waals surface area contributed by atoms with Gasteiger partial charge in [0.15, 0.2) is 11.6 Å². The second kappa shape index (κ2) is 5.14. The number of aromatic nitrogens is 1. The molecule has 0 atom stereocenters. The average molecular weight is 246 g/mol. The van der Waals surface area contributed by atoms with E-state index in [2.05, 4.69) is 4.98 Å². The Bertz CT molecular complexity index is 570.